The molecule has 2 heterocycles. The lowest BCUT2D eigenvalue weighted by Crippen LogP contribution is -2.57. The Morgan fingerprint density at radius 2 is 2.18 bits per heavy atom. The van der Waals surface area contributed by atoms with E-state index in [-0.39, 0.29) is 11.9 Å². The van der Waals surface area contributed by atoms with Gasteiger partial charge in [0.25, 0.3) is 5.91 Å². The molecule has 1 atom stereocenters. The van der Waals surface area contributed by atoms with Crippen LogP contribution >= 0.6 is 11.6 Å². The smallest absolute Gasteiger partial charge is 0.251 e. The van der Waals surface area contributed by atoms with Crippen LogP contribution in [0.5, 0.6) is 0 Å². The van der Waals surface area contributed by atoms with Crippen LogP contribution in [0.2, 0.25) is 5.02 Å². The molecule has 0 saturated carbocycles. The Morgan fingerprint density at radius 1 is 1.32 bits per heavy atom. The molecule has 3 aromatic rings. The largest absolute Gasteiger partial charge is 0.352 e. The second-order valence-electron chi connectivity index (χ2n) is 6.97. The lowest BCUT2D eigenvalue weighted by Gasteiger charge is -2.38. The molecular formula is C21H24ClN5O. The zero-order chi connectivity index (χ0) is 19.5. The highest BCUT2D eigenvalue weighted by Crippen LogP contribution is 2.21. The average Bonchev–Trinajstić information content (AvgIpc) is 3.13. The van der Waals surface area contributed by atoms with Gasteiger partial charge >= 0.3 is 0 Å². The number of carbonyl (C=O) groups is 1. The van der Waals surface area contributed by atoms with Gasteiger partial charge in [-0.25, -0.2) is 9.66 Å². The van der Waals surface area contributed by atoms with Crippen LogP contribution in [0.25, 0.3) is 11.0 Å². The number of carbonyl (C=O) groups excluding carboxylic acids is 1. The number of hydrogen-bond donors (Lipinski definition) is 2. The van der Waals surface area contributed by atoms with E-state index in [1.807, 2.05) is 49.6 Å². The Kier molecular flexibility index (Phi) is 5.50. The summed E-state index contributed by atoms with van der Waals surface area (Å²) in [6.07, 6.45) is 2.68. The summed E-state index contributed by atoms with van der Waals surface area (Å²) in [6, 6.07) is 13.9. The second-order valence-corrected chi connectivity index (χ2v) is 7.38. The van der Waals surface area contributed by atoms with Gasteiger partial charge in [0.05, 0.1) is 17.1 Å². The van der Waals surface area contributed by atoms with Crippen LogP contribution in [0.1, 0.15) is 22.8 Å². The van der Waals surface area contributed by atoms with E-state index in [9.17, 15) is 4.79 Å². The summed E-state index contributed by atoms with van der Waals surface area (Å²) in [5, 5.41) is 9.45. The molecule has 0 radical (unpaired) electrons. The third kappa shape index (κ3) is 3.70. The number of piperazine rings is 1. The predicted octanol–water partition coefficient (Wildman–Crippen LogP) is 2.59. The van der Waals surface area contributed by atoms with Crippen LogP contribution in [0, 0.1) is 0 Å². The minimum atomic E-state index is -0.0647. The van der Waals surface area contributed by atoms with Crippen LogP contribution in [0.4, 0.5) is 0 Å². The van der Waals surface area contributed by atoms with Crippen LogP contribution in [0.15, 0.2) is 48.8 Å². The van der Waals surface area contributed by atoms with Crippen molar-refractivity contribution in [1.82, 2.24) is 20.3 Å². The first-order chi connectivity index (χ1) is 13.7. The first kappa shape index (κ1) is 18.8. The molecule has 4 rings (SSSR count). The molecule has 2 aromatic carbocycles. The second kappa shape index (κ2) is 8.20. The molecule has 146 valence electrons. The maximum atomic E-state index is 12.3. The number of imidazole rings is 1. The lowest BCUT2D eigenvalue weighted by molar-refractivity contribution is 0.0956. The van der Waals surface area contributed by atoms with E-state index in [0.29, 0.717) is 12.1 Å². The number of hydrogen-bond acceptors (Lipinski definition) is 4. The third-order valence-electron chi connectivity index (χ3n) is 5.14. The Morgan fingerprint density at radius 3 is 3.00 bits per heavy atom. The van der Waals surface area contributed by atoms with E-state index in [4.69, 9.17) is 11.6 Å². The summed E-state index contributed by atoms with van der Waals surface area (Å²) in [5.41, 5.74) is 3.60. The number of nitrogens with zero attached hydrogens (tertiary/aromatic N) is 3. The third-order valence-corrected chi connectivity index (χ3v) is 5.51. The molecule has 1 aromatic heterocycles. The molecule has 0 aliphatic carbocycles. The van der Waals surface area contributed by atoms with E-state index in [1.54, 1.807) is 0 Å². The van der Waals surface area contributed by atoms with Gasteiger partial charge in [-0.15, -0.1) is 0 Å². The van der Waals surface area contributed by atoms with Gasteiger partial charge in [0.1, 0.15) is 6.33 Å². The minimum absolute atomic E-state index is 0.0647. The molecule has 2 N–H and O–H groups in total. The summed E-state index contributed by atoms with van der Waals surface area (Å²) in [6.45, 7) is 5.14. The fraction of sp³-hybridized carbons (Fsp3) is 0.333. The van der Waals surface area contributed by atoms with Crippen molar-refractivity contribution < 1.29 is 4.79 Å². The molecule has 0 bridgehead atoms. The van der Waals surface area contributed by atoms with E-state index in [0.717, 1.165) is 47.7 Å². The normalized spacial score (nSPS) is 17.1. The Hall–Kier alpha value is -2.57. The van der Waals surface area contributed by atoms with Crippen molar-refractivity contribution in [3.63, 3.8) is 0 Å². The number of nitrogens with one attached hydrogen (secondary N) is 2. The van der Waals surface area contributed by atoms with Crippen molar-refractivity contribution in [1.29, 1.82) is 0 Å². The number of fused-ring (bicyclic) bond motifs is 1. The topological polar surface area (TPSA) is 62.2 Å². The van der Waals surface area contributed by atoms with Gasteiger partial charge in [-0.2, -0.15) is 0 Å². The summed E-state index contributed by atoms with van der Waals surface area (Å²) in [5.74, 6) is -0.0647. The highest BCUT2D eigenvalue weighted by Gasteiger charge is 2.25. The summed E-state index contributed by atoms with van der Waals surface area (Å²) < 4.78 is 2.08. The van der Waals surface area contributed by atoms with E-state index < -0.39 is 0 Å². The summed E-state index contributed by atoms with van der Waals surface area (Å²) in [4.78, 5) is 16.8. The van der Waals surface area contributed by atoms with Gasteiger partial charge in [-0.05, 0) is 43.2 Å². The first-order valence-electron chi connectivity index (χ1n) is 9.63. The average molecular weight is 398 g/mol. The van der Waals surface area contributed by atoms with Crippen molar-refractivity contribution in [3.8, 4) is 0 Å². The van der Waals surface area contributed by atoms with Crippen LogP contribution in [-0.4, -0.2) is 47.8 Å². The molecule has 1 aliphatic heterocycles. The summed E-state index contributed by atoms with van der Waals surface area (Å²) >= 11 is 6.39. The van der Waals surface area contributed by atoms with Gasteiger partial charge in [0.2, 0.25) is 0 Å². The molecule has 1 fully saturated rings. The van der Waals surface area contributed by atoms with Gasteiger partial charge in [-0.1, -0.05) is 29.8 Å². The standard InChI is InChI=1S/C21H24ClN5O/c1-2-24-21(28)16-7-8-19-20(12-16)27(14-25-19)26-10-9-23-13-17(26)11-15-5-3-4-6-18(15)22/h3-8,12,14,17,23H,2,9-11,13H2,1H3,(H,24,28). The molecule has 0 spiro atoms. The van der Waals surface area contributed by atoms with E-state index in [1.165, 1.54) is 0 Å². The van der Waals surface area contributed by atoms with Gasteiger partial charge in [0.15, 0.2) is 0 Å². The SMILES string of the molecule is CCNC(=O)c1ccc2ncn(N3CCNCC3Cc3ccccc3Cl)c2c1. The predicted molar refractivity (Wildman–Crippen MR) is 113 cm³/mol. The quantitative estimate of drug-likeness (QED) is 0.694. The number of rotatable bonds is 5. The monoisotopic (exact) mass is 397 g/mol. The van der Waals surface area contributed by atoms with Crippen molar-refractivity contribution >= 4 is 28.5 Å². The maximum absolute atomic E-state index is 12.3. The van der Waals surface area contributed by atoms with Crippen molar-refractivity contribution in [2.75, 3.05) is 31.2 Å². The van der Waals surface area contributed by atoms with Crippen LogP contribution in [-0.2, 0) is 6.42 Å². The van der Waals surface area contributed by atoms with Crippen molar-refractivity contribution in [2.45, 2.75) is 19.4 Å². The fourth-order valence-electron chi connectivity index (χ4n) is 3.73. The minimum Gasteiger partial charge on any atom is -0.352 e. The number of aromatic nitrogens is 2. The highest BCUT2D eigenvalue weighted by atomic mass is 35.5. The number of amides is 1. The molecular weight excluding hydrogens is 374 g/mol. The molecule has 1 saturated heterocycles. The summed E-state index contributed by atoms with van der Waals surface area (Å²) in [7, 11) is 0. The van der Waals surface area contributed by atoms with Crippen molar-refractivity contribution in [2.24, 2.45) is 0 Å². The van der Waals surface area contributed by atoms with Crippen molar-refractivity contribution in [3.05, 3.63) is 64.9 Å². The zero-order valence-electron chi connectivity index (χ0n) is 15.9. The lowest BCUT2D eigenvalue weighted by atomic mass is 10.0. The molecule has 1 unspecified atom stereocenters. The Bertz CT molecular complexity index is 986. The maximum Gasteiger partial charge on any atom is 0.251 e. The molecule has 1 amide bonds. The molecule has 1 aliphatic rings. The highest BCUT2D eigenvalue weighted by molar-refractivity contribution is 6.31. The fourth-order valence-corrected chi connectivity index (χ4v) is 3.95. The first-order valence-corrected chi connectivity index (χ1v) is 10.0. The molecule has 28 heavy (non-hydrogen) atoms. The molecule has 6 nitrogen and oxygen atoms in total. The molecule has 7 heteroatoms. The zero-order valence-corrected chi connectivity index (χ0v) is 16.6. The number of benzene rings is 2. The Labute approximate surface area is 169 Å². The van der Waals surface area contributed by atoms with Crippen LogP contribution < -0.4 is 15.6 Å². The van der Waals surface area contributed by atoms with E-state index in [2.05, 4.69) is 31.4 Å². The van der Waals surface area contributed by atoms with Crippen LogP contribution in [0.3, 0.4) is 0 Å². The van der Waals surface area contributed by atoms with Gasteiger partial charge in [-0.3, -0.25) is 4.79 Å². The Balaban J connectivity index is 1.67. The van der Waals surface area contributed by atoms with Gasteiger partial charge < -0.3 is 15.6 Å². The number of halogens is 1. The van der Waals surface area contributed by atoms with E-state index >= 15 is 0 Å². The van der Waals surface area contributed by atoms with Gasteiger partial charge in [0, 0.05) is 36.8 Å².